The molecule has 1 saturated carbocycles. The van der Waals surface area contributed by atoms with E-state index in [1.807, 2.05) is 0 Å². The van der Waals surface area contributed by atoms with Crippen LogP contribution in [0, 0.1) is 5.92 Å². The van der Waals surface area contributed by atoms with E-state index in [1.54, 1.807) is 0 Å². The van der Waals surface area contributed by atoms with Crippen LogP contribution in [0.15, 0.2) is 0 Å². The number of rotatable bonds is 7. The second kappa shape index (κ2) is 5.27. The van der Waals surface area contributed by atoms with Gasteiger partial charge in [0, 0.05) is 12.6 Å². The Balaban J connectivity index is 2.35. The van der Waals surface area contributed by atoms with Crippen LogP contribution in [0.25, 0.3) is 0 Å². The van der Waals surface area contributed by atoms with Crippen LogP contribution in [0.1, 0.15) is 39.5 Å². The molecule has 0 bridgehead atoms. The van der Waals surface area contributed by atoms with Crippen molar-refractivity contribution < 1.29 is 8.42 Å². The highest BCUT2D eigenvalue weighted by molar-refractivity contribution is 7.90. The number of nitrogens with two attached hydrogens (primary N) is 1. The van der Waals surface area contributed by atoms with E-state index in [0.717, 1.165) is 25.7 Å². The maximum Gasteiger partial charge on any atom is 0.214 e. The van der Waals surface area contributed by atoms with E-state index in [0.29, 0.717) is 12.5 Å². The summed E-state index contributed by atoms with van der Waals surface area (Å²) in [6, 6.07) is -0.0616. The number of nitrogens with one attached hydrogen (secondary N) is 1. The Labute approximate surface area is 92.7 Å². The third-order valence-corrected chi connectivity index (χ3v) is 5.06. The summed E-state index contributed by atoms with van der Waals surface area (Å²) in [5.74, 6) is 0.409. The molecule has 1 aliphatic carbocycles. The lowest BCUT2D eigenvalue weighted by Gasteiger charge is -2.21. The van der Waals surface area contributed by atoms with E-state index in [2.05, 4.69) is 18.6 Å². The topological polar surface area (TPSA) is 72.2 Å². The SMILES string of the molecule is CCC(CC)C(N)CNS(=O)(=O)C1CC1. The van der Waals surface area contributed by atoms with Crippen molar-refractivity contribution in [1.82, 2.24) is 4.72 Å². The molecule has 1 atom stereocenters. The Bertz CT molecular complexity index is 282. The number of hydrogen-bond donors (Lipinski definition) is 2. The lowest BCUT2D eigenvalue weighted by Crippen LogP contribution is -2.42. The molecule has 90 valence electrons. The minimum Gasteiger partial charge on any atom is -0.326 e. The predicted molar refractivity (Wildman–Crippen MR) is 62.0 cm³/mol. The molecule has 0 radical (unpaired) electrons. The van der Waals surface area contributed by atoms with Crippen LogP contribution in [0.3, 0.4) is 0 Å². The molecule has 0 aromatic carbocycles. The largest absolute Gasteiger partial charge is 0.326 e. The van der Waals surface area contributed by atoms with Crippen molar-refractivity contribution in [3.8, 4) is 0 Å². The second-order valence-electron chi connectivity index (χ2n) is 4.33. The van der Waals surface area contributed by atoms with Crippen LogP contribution < -0.4 is 10.5 Å². The van der Waals surface area contributed by atoms with Crippen molar-refractivity contribution in [2.45, 2.75) is 50.8 Å². The summed E-state index contributed by atoms with van der Waals surface area (Å²) in [5, 5.41) is -0.147. The molecular weight excluding hydrogens is 212 g/mol. The zero-order valence-corrected chi connectivity index (χ0v) is 10.4. The quantitative estimate of drug-likeness (QED) is 0.685. The van der Waals surface area contributed by atoms with Crippen molar-refractivity contribution in [2.75, 3.05) is 6.54 Å². The highest BCUT2D eigenvalue weighted by Crippen LogP contribution is 2.27. The standard InChI is InChI=1S/C10H22N2O2S/c1-3-8(4-2)10(11)7-12-15(13,14)9-5-6-9/h8-10,12H,3-7,11H2,1-2H3. The van der Waals surface area contributed by atoms with Gasteiger partial charge in [0.25, 0.3) is 0 Å². The van der Waals surface area contributed by atoms with Crippen LogP contribution in [-0.2, 0) is 10.0 Å². The summed E-state index contributed by atoms with van der Waals surface area (Å²) in [7, 11) is -3.06. The normalized spacial score (nSPS) is 19.5. The van der Waals surface area contributed by atoms with Crippen LogP contribution in [-0.4, -0.2) is 26.3 Å². The van der Waals surface area contributed by atoms with Crippen molar-refractivity contribution in [3.05, 3.63) is 0 Å². The van der Waals surface area contributed by atoms with Gasteiger partial charge >= 0.3 is 0 Å². The van der Waals surface area contributed by atoms with Crippen LogP contribution in [0.2, 0.25) is 0 Å². The Hall–Kier alpha value is -0.130. The van der Waals surface area contributed by atoms with Crippen molar-refractivity contribution >= 4 is 10.0 Å². The summed E-state index contributed by atoms with van der Waals surface area (Å²) >= 11 is 0. The van der Waals surface area contributed by atoms with E-state index >= 15 is 0 Å². The Kier molecular flexibility index (Phi) is 4.55. The maximum atomic E-state index is 11.5. The summed E-state index contributed by atoms with van der Waals surface area (Å²) < 4.78 is 25.7. The first-order chi connectivity index (χ1) is 7.01. The lowest BCUT2D eigenvalue weighted by atomic mass is 9.95. The highest BCUT2D eigenvalue weighted by atomic mass is 32.2. The van der Waals surface area contributed by atoms with Gasteiger partial charge < -0.3 is 5.73 Å². The summed E-state index contributed by atoms with van der Waals surface area (Å²) in [6.45, 7) is 4.55. The third-order valence-electron chi connectivity index (χ3n) is 3.14. The van der Waals surface area contributed by atoms with Gasteiger partial charge in [-0.15, -0.1) is 0 Å². The zero-order chi connectivity index (χ0) is 11.5. The lowest BCUT2D eigenvalue weighted by molar-refractivity contribution is 0.392. The fourth-order valence-corrected chi connectivity index (χ4v) is 3.19. The molecular formula is C10H22N2O2S. The van der Waals surface area contributed by atoms with Gasteiger partial charge in [-0.25, -0.2) is 13.1 Å². The maximum absolute atomic E-state index is 11.5. The van der Waals surface area contributed by atoms with Crippen molar-refractivity contribution in [3.63, 3.8) is 0 Å². The summed E-state index contributed by atoms with van der Waals surface area (Å²) in [4.78, 5) is 0. The molecule has 0 aromatic rings. The fourth-order valence-electron chi connectivity index (χ4n) is 1.77. The van der Waals surface area contributed by atoms with Crippen molar-refractivity contribution in [2.24, 2.45) is 11.7 Å². The first kappa shape index (κ1) is 12.9. The van der Waals surface area contributed by atoms with Crippen molar-refractivity contribution in [1.29, 1.82) is 0 Å². The zero-order valence-electron chi connectivity index (χ0n) is 9.57. The molecule has 5 heteroatoms. The summed E-state index contributed by atoms with van der Waals surface area (Å²) in [6.07, 6.45) is 3.61. The second-order valence-corrected chi connectivity index (χ2v) is 6.38. The molecule has 0 spiro atoms. The van der Waals surface area contributed by atoms with Gasteiger partial charge in [-0.2, -0.15) is 0 Å². The molecule has 0 saturated heterocycles. The third kappa shape index (κ3) is 3.74. The minimum absolute atomic E-state index is 0.0616. The van der Waals surface area contributed by atoms with E-state index in [4.69, 9.17) is 5.73 Å². The van der Waals surface area contributed by atoms with Gasteiger partial charge in [0.1, 0.15) is 0 Å². The fraction of sp³-hybridized carbons (Fsp3) is 1.00. The van der Waals surface area contributed by atoms with Gasteiger partial charge in [0.15, 0.2) is 0 Å². The molecule has 1 rings (SSSR count). The van der Waals surface area contributed by atoms with Gasteiger partial charge in [0.05, 0.1) is 5.25 Å². The molecule has 0 heterocycles. The summed E-state index contributed by atoms with van der Waals surface area (Å²) in [5.41, 5.74) is 5.94. The minimum atomic E-state index is -3.06. The number of hydrogen-bond acceptors (Lipinski definition) is 3. The van der Waals surface area contributed by atoms with E-state index in [-0.39, 0.29) is 11.3 Å². The average molecular weight is 234 g/mol. The Morgan fingerprint density at radius 2 is 1.87 bits per heavy atom. The van der Waals surface area contributed by atoms with Gasteiger partial charge in [-0.3, -0.25) is 0 Å². The molecule has 1 unspecified atom stereocenters. The Morgan fingerprint density at radius 1 is 1.33 bits per heavy atom. The smallest absolute Gasteiger partial charge is 0.214 e. The molecule has 1 fully saturated rings. The molecule has 0 aromatic heterocycles. The van der Waals surface area contributed by atoms with Gasteiger partial charge in [0.2, 0.25) is 10.0 Å². The van der Waals surface area contributed by atoms with Gasteiger partial charge in [-0.05, 0) is 18.8 Å². The predicted octanol–water partition coefficient (Wildman–Crippen LogP) is 0.832. The molecule has 3 N–H and O–H groups in total. The number of sulfonamides is 1. The molecule has 0 aliphatic heterocycles. The van der Waals surface area contributed by atoms with E-state index < -0.39 is 10.0 Å². The first-order valence-corrected chi connectivity index (χ1v) is 7.30. The first-order valence-electron chi connectivity index (χ1n) is 5.75. The van der Waals surface area contributed by atoms with E-state index in [1.165, 1.54) is 0 Å². The molecule has 4 nitrogen and oxygen atoms in total. The van der Waals surface area contributed by atoms with Crippen LogP contribution >= 0.6 is 0 Å². The van der Waals surface area contributed by atoms with Crippen LogP contribution in [0.5, 0.6) is 0 Å². The monoisotopic (exact) mass is 234 g/mol. The Morgan fingerprint density at radius 3 is 2.27 bits per heavy atom. The molecule has 15 heavy (non-hydrogen) atoms. The van der Waals surface area contributed by atoms with Crippen LogP contribution in [0.4, 0.5) is 0 Å². The highest BCUT2D eigenvalue weighted by Gasteiger charge is 2.35. The molecule has 1 aliphatic rings. The average Bonchev–Trinajstić information content (AvgIpc) is 3.00. The van der Waals surface area contributed by atoms with E-state index in [9.17, 15) is 8.42 Å². The molecule has 0 amide bonds. The van der Waals surface area contributed by atoms with Gasteiger partial charge in [-0.1, -0.05) is 26.7 Å².